The molecule has 2 aliphatic heterocycles. The van der Waals surface area contributed by atoms with Crippen molar-refractivity contribution < 1.29 is 18.0 Å². The molecule has 0 bridgehead atoms. The molecule has 2 atom stereocenters. The zero-order chi connectivity index (χ0) is 21.8. The van der Waals surface area contributed by atoms with Crippen molar-refractivity contribution in [2.24, 2.45) is 11.8 Å². The summed E-state index contributed by atoms with van der Waals surface area (Å²) in [6.07, 6.45) is 5.06. The highest BCUT2D eigenvalue weighted by Gasteiger charge is 2.53. The summed E-state index contributed by atoms with van der Waals surface area (Å²) in [7, 11) is -3.69. The number of allylic oxidation sites excluding steroid dienone is 2. The molecular formula is C23H21ClN2O4S. The predicted octanol–water partition coefficient (Wildman–Crippen LogP) is 3.33. The van der Waals surface area contributed by atoms with Gasteiger partial charge >= 0.3 is 0 Å². The largest absolute Gasteiger partial charge is 0.276 e. The van der Waals surface area contributed by atoms with Gasteiger partial charge < -0.3 is 0 Å². The maximum absolute atomic E-state index is 13.0. The smallest absolute Gasteiger partial charge is 0.243 e. The van der Waals surface area contributed by atoms with E-state index in [-0.39, 0.29) is 47.7 Å². The van der Waals surface area contributed by atoms with E-state index in [1.807, 2.05) is 30.4 Å². The van der Waals surface area contributed by atoms with Gasteiger partial charge in [-0.1, -0.05) is 48.0 Å². The number of sulfonamides is 1. The summed E-state index contributed by atoms with van der Waals surface area (Å²) in [5.74, 6) is -0.899. The molecule has 2 aromatic rings. The number of hydrogen-bond acceptors (Lipinski definition) is 4. The lowest BCUT2D eigenvalue weighted by atomic mass is 9.85. The molecule has 2 unspecified atom stereocenters. The van der Waals surface area contributed by atoms with Crippen molar-refractivity contribution in [3.8, 4) is 11.1 Å². The Kier molecular flexibility index (Phi) is 5.00. The molecule has 0 aromatic heterocycles. The monoisotopic (exact) mass is 456 g/mol. The first-order valence-corrected chi connectivity index (χ1v) is 12.1. The Bertz CT molecular complexity index is 1160. The van der Waals surface area contributed by atoms with Gasteiger partial charge in [-0.2, -0.15) is 4.31 Å². The van der Waals surface area contributed by atoms with E-state index < -0.39 is 10.0 Å². The van der Waals surface area contributed by atoms with E-state index in [0.717, 1.165) is 11.1 Å². The SMILES string of the molecule is O=C1C2CC=CCC2C(=O)N1C1CN(S(=O)(=O)c2ccc(-c3cccc(Cl)c3)cc2)C1. The van der Waals surface area contributed by atoms with Crippen LogP contribution in [0.25, 0.3) is 11.1 Å². The van der Waals surface area contributed by atoms with Crippen LogP contribution in [0.4, 0.5) is 0 Å². The highest BCUT2D eigenvalue weighted by molar-refractivity contribution is 7.89. The van der Waals surface area contributed by atoms with Crippen molar-refractivity contribution >= 4 is 33.4 Å². The van der Waals surface area contributed by atoms with Crippen molar-refractivity contribution in [1.29, 1.82) is 0 Å². The molecule has 2 saturated heterocycles. The van der Waals surface area contributed by atoms with Crippen LogP contribution in [0, 0.1) is 11.8 Å². The minimum absolute atomic E-state index is 0.142. The lowest BCUT2D eigenvalue weighted by Gasteiger charge is -2.42. The Hall–Kier alpha value is -2.48. The van der Waals surface area contributed by atoms with Gasteiger partial charge in [0.1, 0.15) is 0 Å². The molecule has 0 saturated carbocycles. The van der Waals surface area contributed by atoms with Crippen LogP contribution < -0.4 is 0 Å². The summed E-state index contributed by atoms with van der Waals surface area (Å²) in [5, 5.41) is 0.613. The molecule has 0 radical (unpaired) electrons. The Labute approximate surface area is 186 Å². The molecule has 0 N–H and O–H groups in total. The van der Waals surface area contributed by atoms with E-state index in [0.29, 0.717) is 17.9 Å². The van der Waals surface area contributed by atoms with E-state index in [1.54, 1.807) is 30.3 Å². The Balaban J connectivity index is 1.29. The molecule has 0 spiro atoms. The summed E-state index contributed by atoms with van der Waals surface area (Å²) < 4.78 is 27.3. The van der Waals surface area contributed by atoms with Crippen molar-refractivity contribution in [3.63, 3.8) is 0 Å². The zero-order valence-corrected chi connectivity index (χ0v) is 18.2. The number of carbonyl (C=O) groups is 2. The standard InChI is InChI=1S/C23H21ClN2O4S/c24-17-5-3-4-16(12-17)15-8-10-19(11-9-15)31(29,30)25-13-18(14-25)26-22(27)20-6-1-2-7-21(20)23(26)28/h1-5,8-12,18,20-21H,6-7,13-14H2. The summed E-state index contributed by atoms with van der Waals surface area (Å²) >= 11 is 6.04. The number of rotatable bonds is 4. The van der Waals surface area contributed by atoms with Crippen LogP contribution in [0.1, 0.15) is 12.8 Å². The normalized spacial score (nSPS) is 24.4. The molecular weight excluding hydrogens is 436 g/mol. The first-order valence-electron chi connectivity index (χ1n) is 10.2. The van der Waals surface area contributed by atoms with Crippen LogP contribution >= 0.6 is 11.6 Å². The lowest BCUT2D eigenvalue weighted by molar-refractivity contribution is -0.145. The molecule has 5 rings (SSSR count). The van der Waals surface area contributed by atoms with Gasteiger partial charge in [0.25, 0.3) is 0 Å². The fourth-order valence-electron chi connectivity index (χ4n) is 4.60. The molecule has 1 aliphatic carbocycles. The first kappa shape index (κ1) is 20.4. The highest BCUT2D eigenvalue weighted by Crippen LogP contribution is 2.38. The molecule has 2 aromatic carbocycles. The molecule has 2 fully saturated rings. The van der Waals surface area contributed by atoms with Gasteiger partial charge in [-0.3, -0.25) is 14.5 Å². The number of imide groups is 1. The molecule has 2 heterocycles. The number of nitrogens with zero attached hydrogens (tertiary/aromatic N) is 2. The number of amides is 2. The quantitative estimate of drug-likeness (QED) is 0.522. The third-order valence-corrected chi connectivity index (χ3v) is 8.47. The average Bonchev–Trinajstić information content (AvgIpc) is 2.98. The van der Waals surface area contributed by atoms with Gasteiger partial charge in [-0.15, -0.1) is 0 Å². The highest BCUT2D eigenvalue weighted by atomic mass is 35.5. The topological polar surface area (TPSA) is 74.8 Å². The second-order valence-electron chi connectivity index (χ2n) is 8.21. The second-order valence-corrected chi connectivity index (χ2v) is 10.6. The number of carbonyl (C=O) groups excluding carboxylic acids is 2. The van der Waals surface area contributed by atoms with E-state index in [1.165, 1.54) is 9.21 Å². The molecule has 2 amide bonds. The van der Waals surface area contributed by atoms with Crippen LogP contribution in [0.3, 0.4) is 0 Å². The van der Waals surface area contributed by atoms with E-state index >= 15 is 0 Å². The molecule has 8 heteroatoms. The molecule has 3 aliphatic rings. The third kappa shape index (κ3) is 3.41. The van der Waals surface area contributed by atoms with Crippen molar-refractivity contribution in [3.05, 3.63) is 65.7 Å². The predicted molar refractivity (Wildman–Crippen MR) is 117 cm³/mol. The summed E-state index contributed by atoms with van der Waals surface area (Å²) in [6.45, 7) is 0.283. The van der Waals surface area contributed by atoms with Gasteiger partial charge in [0, 0.05) is 18.1 Å². The number of hydrogen-bond donors (Lipinski definition) is 0. The van der Waals surface area contributed by atoms with Gasteiger partial charge in [-0.05, 0) is 48.2 Å². The maximum atomic E-state index is 13.0. The summed E-state index contributed by atoms with van der Waals surface area (Å²) in [5.41, 5.74) is 1.77. The fraction of sp³-hybridized carbons (Fsp3) is 0.304. The van der Waals surface area contributed by atoms with Gasteiger partial charge in [0.2, 0.25) is 21.8 Å². The Morgan fingerprint density at radius 1 is 0.839 bits per heavy atom. The summed E-state index contributed by atoms with van der Waals surface area (Å²) in [6, 6.07) is 13.6. The van der Waals surface area contributed by atoms with Gasteiger partial charge in [0.05, 0.1) is 22.8 Å². The maximum Gasteiger partial charge on any atom is 0.243 e. The Morgan fingerprint density at radius 2 is 1.45 bits per heavy atom. The third-order valence-electron chi connectivity index (χ3n) is 6.39. The van der Waals surface area contributed by atoms with Crippen LogP contribution in [0.5, 0.6) is 0 Å². The lowest BCUT2D eigenvalue weighted by Crippen LogP contribution is -2.62. The second kappa shape index (κ2) is 7.58. The van der Waals surface area contributed by atoms with Crippen LogP contribution in [0.2, 0.25) is 5.02 Å². The number of halogens is 1. The number of fused-ring (bicyclic) bond motifs is 1. The zero-order valence-electron chi connectivity index (χ0n) is 16.6. The van der Waals surface area contributed by atoms with E-state index in [4.69, 9.17) is 11.6 Å². The Morgan fingerprint density at radius 3 is 2.03 bits per heavy atom. The van der Waals surface area contributed by atoms with Crippen LogP contribution in [0.15, 0.2) is 65.6 Å². The van der Waals surface area contributed by atoms with Crippen molar-refractivity contribution in [1.82, 2.24) is 9.21 Å². The molecule has 6 nitrogen and oxygen atoms in total. The van der Waals surface area contributed by atoms with Crippen LogP contribution in [-0.2, 0) is 19.6 Å². The number of likely N-dealkylation sites (tertiary alicyclic amines) is 1. The number of benzene rings is 2. The van der Waals surface area contributed by atoms with E-state index in [2.05, 4.69) is 0 Å². The summed E-state index contributed by atoms with van der Waals surface area (Å²) in [4.78, 5) is 26.9. The first-order chi connectivity index (χ1) is 14.9. The van der Waals surface area contributed by atoms with Crippen molar-refractivity contribution in [2.75, 3.05) is 13.1 Å². The molecule has 31 heavy (non-hydrogen) atoms. The minimum Gasteiger partial charge on any atom is -0.276 e. The fourth-order valence-corrected chi connectivity index (χ4v) is 6.30. The molecule has 160 valence electrons. The average molecular weight is 457 g/mol. The minimum atomic E-state index is -3.69. The van der Waals surface area contributed by atoms with Gasteiger partial charge in [-0.25, -0.2) is 8.42 Å². The van der Waals surface area contributed by atoms with Gasteiger partial charge in [0.15, 0.2) is 0 Å². The van der Waals surface area contributed by atoms with Crippen LogP contribution in [-0.4, -0.2) is 48.6 Å². The van der Waals surface area contributed by atoms with E-state index in [9.17, 15) is 18.0 Å². The van der Waals surface area contributed by atoms with Crippen molar-refractivity contribution in [2.45, 2.75) is 23.8 Å².